The Labute approximate surface area is 429 Å². The van der Waals surface area contributed by atoms with Crippen LogP contribution in [0.25, 0.3) is 105 Å². The molecule has 0 unspecified atom stereocenters. The van der Waals surface area contributed by atoms with Crippen LogP contribution in [0, 0.1) is 18.5 Å². The van der Waals surface area contributed by atoms with Crippen molar-refractivity contribution < 1.29 is 30.4 Å². The molecular formula is C63H43N7OPt-2. The molecule has 0 radical (unpaired) electrons. The number of para-hydroxylation sites is 7. The third-order valence-corrected chi connectivity index (χ3v) is 13.8. The van der Waals surface area contributed by atoms with Crippen LogP contribution in [0.4, 0.5) is 0 Å². The number of benzene rings is 8. The van der Waals surface area contributed by atoms with Gasteiger partial charge in [-0.15, -0.1) is 29.7 Å². The maximum absolute atomic E-state index is 6.68. The molecule has 9 heteroatoms. The Bertz CT molecular complexity index is 4210. The first kappa shape index (κ1) is 43.4. The van der Waals surface area contributed by atoms with Crippen LogP contribution in [0.1, 0.15) is 26.3 Å². The molecular weight excluding hydrogens is 1070 g/mol. The topological polar surface area (TPSA) is 58.6 Å². The summed E-state index contributed by atoms with van der Waals surface area (Å²) in [5.74, 6) is 3.55. The molecule has 8 aromatic carbocycles. The normalized spacial score (nSPS) is 12.0. The SMILES string of the molecule is CC(C)(C)c1ccnc(-n2c3[c-]c(Oc4[c-]c(-n5[c-][n+](-c6cc(-n7c8ccccc8c8ccccc87)nc(-n7c8ccccc8c8ccccc87)c6)c6ccccc65)ccc4)ccc3c3ccccc32)c1.[Pt]. The summed E-state index contributed by atoms with van der Waals surface area (Å²) in [6.07, 6.45) is 5.66. The van der Waals surface area contributed by atoms with Crippen molar-refractivity contribution in [1.29, 1.82) is 0 Å². The van der Waals surface area contributed by atoms with E-state index in [-0.39, 0.29) is 26.5 Å². The van der Waals surface area contributed by atoms with E-state index in [1.54, 1.807) is 0 Å². The minimum absolute atomic E-state index is 0. The number of hydrogen-bond donors (Lipinski definition) is 0. The van der Waals surface area contributed by atoms with E-state index in [9.17, 15) is 0 Å². The number of hydrogen-bond acceptors (Lipinski definition) is 3. The predicted molar refractivity (Wildman–Crippen MR) is 285 cm³/mol. The second-order valence-electron chi connectivity index (χ2n) is 19.1. The van der Waals surface area contributed by atoms with E-state index >= 15 is 0 Å². The van der Waals surface area contributed by atoms with Gasteiger partial charge >= 0.3 is 0 Å². The van der Waals surface area contributed by atoms with Gasteiger partial charge in [-0.1, -0.05) is 142 Å². The largest absolute Gasteiger partial charge is 0.510 e. The zero-order chi connectivity index (χ0) is 47.4. The van der Waals surface area contributed by atoms with E-state index in [0.717, 1.165) is 83.7 Å². The molecule has 72 heavy (non-hydrogen) atoms. The van der Waals surface area contributed by atoms with Gasteiger partial charge < -0.3 is 13.9 Å². The molecule has 0 fully saturated rings. The van der Waals surface area contributed by atoms with Crippen LogP contribution in [-0.4, -0.2) is 28.2 Å². The zero-order valence-electron chi connectivity index (χ0n) is 39.5. The monoisotopic (exact) mass is 1110 g/mol. The maximum atomic E-state index is 6.68. The quantitative estimate of drug-likeness (QED) is 0.118. The van der Waals surface area contributed by atoms with Gasteiger partial charge in [0.2, 0.25) is 0 Å². The Kier molecular flexibility index (Phi) is 10.1. The summed E-state index contributed by atoms with van der Waals surface area (Å²) >= 11 is 0. The van der Waals surface area contributed by atoms with Crippen LogP contribution in [0.5, 0.6) is 11.5 Å². The third kappa shape index (κ3) is 6.89. The van der Waals surface area contributed by atoms with Crippen LogP contribution >= 0.6 is 0 Å². The molecule has 0 aliphatic heterocycles. The molecule has 6 aromatic heterocycles. The first-order valence-electron chi connectivity index (χ1n) is 23.9. The van der Waals surface area contributed by atoms with Gasteiger partial charge in [0.15, 0.2) is 0 Å². The average Bonchev–Trinajstić information content (AvgIpc) is 4.15. The van der Waals surface area contributed by atoms with Gasteiger partial charge in [-0.25, -0.2) is 9.97 Å². The van der Waals surface area contributed by atoms with E-state index in [0.29, 0.717) is 11.5 Å². The molecule has 348 valence electrons. The van der Waals surface area contributed by atoms with Crippen LogP contribution in [0.3, 0.4) is 0 Å². The fourth-order valence-electron chi connectivity index (χ4n) is 10.5. The van der Waals surface area contributed by atoms with Crippen LogP contribution in [0.2, 0.25) is 0 Å². The molecule has 0 spiro atoms. The minimum atomic E-state index is -0.0395. The molecule has 6 heterocycles. The average molecular weight is 1110 g/mol. The summed E-state index contributed by atoms with van der Waals surface area (Å²) in [5.41, 5.74) is 11.0. The summed E-state index contributed by atoms with van der Waals surface area (Å²) in [6, 6.07) is 77.0. The number of rotatable bonds is 7. The first-order chi connectivity index (χ1) is 34.8. The molecule has 0 atom stereocenters. The van der Waals surface area contributed by atoms with E-state index in [2.05, 4.69) is 238 Å². The standard InChI is InChI=1S/C63H43N7O.Pt/c1-63(2,3)41-33-34-64-60(35-41)70-56-28-13-8-23-50(56)51-32-31-45(39-59(51)70)71-44-18-16-17-42(36-44)66-40-67(58-30-15-14-29-57(58)66)43-37-61(68-52-24-9-4-19-46(52)47-20-5-10-25-53(47)68)65-62(38-43)69-54-26-11-6-21-48(54)49-22-7-12-27-55(49)69;/h4-35,37-38H,1-3H3;/q-2;. The fraction of sp³-hybridized carbons (Fsp3) is 0.0635. The maximum Gasteiger partial charge on any atom is 0.268 e. The Morgan fingerprint density at radius 2 is 0.958 bits per heavy atom. The van der Waals surface area contributed by atoms with Crippen molar-refractivity contribution in [2.75, 3.05) is 0 Å². The van der Waals surface area contributed by atoms with E-state index < -0.39 is 0 Å². The number of aromatic nitrogens is 7. The predicted octanol–water partition coefficient (Wildman–Crippen LogP) is 14.5. The molecule has 0 saturated carbocycles. The third-order valence-electron chi connectivity index (χ3n) is 13.8. The Balaban J connectivity index is 0.00000504. The number of nitrogens with zero attached hydrogens (tertiary/aromatic N) is 7. The van der Waals surface area contributed by atoms with Gasteiger partial charge in [0.1, 0.15) is 17.5 Å². The molecule has 0 aliphatic carbocycles. The zero-order valence-corrected chi connectivity index (χ0v) is 41.8. The van der Waals surface area contributed by atoms with Crippen LogP contribution in [-0.2, 0) is 26.5 Å². The number of imidazole rings is 1. The van der Waals surface area contributed by atoms with Crippen molar-refractivity contribution >= 4 is 76.5 Å². The van der Waals surface area contributed by atoms with Gasteiger partial charge in [0, 0.05) is 65.8 Å². The van der Waals surface area contributed by atoms with E-state index in [4.69, 9.17) is 14.7 Å². The number of pyridine rings is 2. The fourth-order valence-corrected chi connectivity index (χ4v) is 10.5. The first-order valence-corrected chi connectivity index (χ1v) is 23.9. The molecule has 8 nitrogen and oxygen atoms in total. The Morgan fingerprint density at radius 1 is 0.458 bits per heavy atom. The van der Waals surface area contributed by atoms with Crippen molar-refractivity contribution in [1.82, 2.24) is 28.2 Å². The molecule has 0 aliphatic rings. The molecule has 0 saturated heterocycles. The van der Waals surface area contributed by atoms with Crippen LogP contribution in [0.15, 0.2) is 206 Å². The summed E-state index contributed by atoms with van der Waals surface area (Å²) in [4.78, 5) is 10.4. The Hall–Kier alpha value is -8.58. The summed E-state index contributed by atoms with van der Waals surface area (Å²) in [7, 11) is 0. The minimum Gasteiger partial charge on any atom is -0.510 e. The van der Waals surface area contributed by atoms with Gasteiger partial charge in [-0.05, 0) is 76.6 Å². The van der Waals surface area contributed by atoms with Gasteiger partial charge in [-0.3, -0.25) is 13.7 Å². The van der Waals surface area contributed by atoms with E-state index in [1.807, 2.05) is 30.5 Å². The molecule has 0 N–H and O–H groups in total. The number of ether oxygens (including phenoxy) is 1. The number of fused-ring (bicyclic) bond motifs is 10. The Morgan fingerprint density at radius 3 is 1.53 bits per heavy atom. The van der Waals surface area contributed by atoms with Crippen molar-refractivity contribution in [3.05, 3.63) is 230 Å². The molecule has 14 aromatic rings. The van der Waals surface area contributed by atoms with Crippen molar-refractivity contribution in [2.24, 2.45) is 0 Å². The smallest absolute Gasteiger partial charge is 0.268 e. The summed E-state index contributed by atoms with van der Waals surface area (Å²) < 4.78 is 17.6. The second kappa shape index (κ2) is 16.8. The molecule has 14 rings (SSSR count). The van der Waals surface area contributed by atoms with Gasteiger partial charge in [0.05, 0.1) is 38.8 Å². The van der Waals surface area contributed by atoms with Crippen molar-refractivity contribution in [3.63, 3.8) is 0 Å². The summed E-state index contributed by atoms with van der Waals surface area (Å²) in [5, 5.41) is 6.89. The van der Waals surface area contributed by atoms with Crippen molar-refractivity contribution in [2.45, 2.75) is 26.2 Å². The van der Waals surface area contributed by atoms with Crippen LogP contribution < -0.4 is 9.30 Å². The molecule has 0 bridgehead atoms. The van der Waals surface area contributed by atoms with Gasteiger partial charge in [0.25, 0.3) is 6.33 Å². The van der Waals surface area contributed by atoms with E-state index in [1.165, 1.54) is 27.1 Å². The van der Waals surface area contributed by atoms with Gasteiger partial charge in [-0.2, -0.15) is 18.2 Å². The second-order valence-corrected chi connectivity index (χ2v) is 19.1. The summed E-state index contributed by atoms with van der Waals surface area (Å²) in [6.45, 7) is 6.67. The van der Waals surface area contributed by atoms with Crippen molar-refractivity contribution in [3.8, 4) is 40.3 Å². The molecule has 0 amide bonds.